The van der Waals surface area contributed by atoms with Crippen LogP contribution in [0.3, 0.4) is 0 Å². The smallest absolute Gasteiger partial charge is 0.254 e. The molecule has 0 saturated heterocycles. The predicted molar refractivity (Wildman–Crippen MR) is 133 cm³/mol. The Kier molecular flexibility index (Phi) is 7.59. The number of benzene rings is 2. The van der Waals surface area contributed by atoms with Gasteiger partial charge in [-0.1, -0.05) is 18.2 Å². The number of likely N-dealkylation sites (N-methyl/N-ethyl adjacent to an activating group) is 1. The lowest BCUT2D eigenvalue weighted by atomic mass is 10.1. The third-order valence-electron chi connectivity index (χ3n) is 6.39. The summed E-state index contributed by atoms with van der Waals surface area (Å²) in [6.07, 6.45) is 2.66. The molecule has 2 amide bonds. The Labute approximate surface area is 200 Å². The molecule has 8 nitrogen and oxygen atoms in total. The SMILES string of the molecule is COCCn1cnc2cc(C(=O)N3CCN(C)CCCN(C(C)=O)c4ccccc4C3)ccc21. The highest BCUT2D eigenvalue weighted by atomic mass is 16.5. The molecular formula is C26H33N5O3. The van der Waals surface area contributed by atoms with Gasteiger partial charge in [0.1, 0.15) is 0 Å². The summed E-state index contributed by atoms with van der Waals surface area (Å²) in [5.74, 6) is -0.0214. The van der Waals surface area contributed by atoms with Crippen LogP contribution in [0.2, 0.25) is 0 Å². The first kappa shape index (κ1) is 23.9. The van der Waals surface area contributed by atoms with Gasteiger partial charge in [-0.3, -0.25) is 9.59 Å². The molecule has 0 saturated carbocycles. The van der Waals surface area contributed by atoms with Crippen molar-refractivity contribution in [2.75, 3.05) is 51.8 Å². The number of carbonyl (C=O) groups is 2. The minimum atomic E-state index is -0.0369. The second kappa shape index (κ2) is 10.8. The molecule has 0 N–H and O–H groups in total. The van der Waals surface area contributed by atoms with Gasteiger partial charge in [0.15, 0.2) is 0 Å². The summed E-state index contributed by atoms with van der Waals surface area (Å²) in [6.45, 7) is 6.24. The quantitative estimate of drug-likeness (QED) is 0.595. The molecule has 0 radical (unpaired) electrons. The number of anilines is 1. The molecule has 180 valence electrons. The molecule has 1 aromatic heterocycles. The highest BCUT2D eigenvalue weighted by Gasteiger charge is 2.22. The van der Waals surface area contributed by atoms with Gasteiger partial charge >= 0.3 is 0 Å². The number of carbonyl (C=O) groups excluding carboxylic acids is 2. The fourth-order valence-corrected chi connectivity index (χ4v) is 4.46. The van der Waals surface area contributed by atoms with Crippen LogP contribution in [-0.4, -0.2) is 78.1 Å². The molecule has 2 heterocycles. The van der Waals surface area contributed by atoms with Crippen molar-refractivity contribution >= 4 is 28.5 Å². The molecule has 0 unspecified atom stereocenters. The normalized spacial score (nSPS) is 15.7. The van der Waals surface area contributed by atoms with E-state index in [1.54, 1.807) is 20.4 Å². The van der Waals surface area contributed by atoms with Crippen LogP contribution in [0.15, 0.2) is 48.8 Å². The van der Waals surface area contributed by atoms with Crippen LogP contribution in [0.4, 0.5) is 5.69 Å². The van der Waals surface area contributed by atoms with Crippen LogP contribution in [0.5, 0.6) is 0 Å². The molecule has 1 aliphatic rings. The minimum Gasteiger partial charge on any atom is -0.383 e. The first-order valence-electron chi connectivity index (χ1n) is 11.8. The summed E-state index contributed by atoms with van der Waals surface area (Å²) in [5, 5.41) is 0. The van der Waals surface area contributed by atoms with Crippen molar-refractivity contribution in [3.8, 4) is 0 Å². The van der Waals surface area contributed by atoms with Crippen LogP contribution >= 0.6 is 0 Å². The van der Waals surface area contributed by atoms with Crippen LogP contribution < -0.4 is 4.90 Å². The van der Waals surface area contributed by atoms with E-state index in [2.05, 4.69) is 16.9 Å². The molecule has 8 heteroatoms. The highest BCUT2D eigenvalue weighted by Crippen LogP contribution is 2.25. The van der Waals surface area contributed by atoms with Crippen molar-refractivity contribution in [3.05, 3.63) is 59.9 Å². The molecule has 2 aromatic carbocycles. The Morgan fingerprint density at radius 1 is 1.06 bits per heavy atom. The minimum absolute atomic E-state index is 0.0155. The van der Waals surface area contributed by atoms with Gasteiger partial charge in [0, 0.05) is 58.0 Å². The number of rotatable bonds is 4. The number of hydrogen-bond acceptors (Lipinski definition) is 5. The van der Waals surface area contributed by atoms with Gasteiger partial charge in [0.25, 0.3) is 5.91 Å². The van der Waals surface area contributed by atoms with Crippen molar-refractivity contribution in [3.63, 3.8) is 0 Å². The summed E-state index contributed by atoms with van der Waals surface area (Å²) >= 11 is 0. The van der Waals surface area contributed by atoms with Gasteiger partial charge in [0.05, 0.1) is 24.0 Å². The zero-order valence-electron chi connectivity index (χ0n) is 20.2. The van der Waals surface area contributed by atoms with Crippen molar-refractivity contribution < 1.29 is 14.3 Å². The van der Waals surface area contributed by atoms with Gasteiger partial charge in [-0.05, 0) is 49.8 Å². The molecule has 0 bridgehead atoms. The van der Waals surface area contributed by atoms with Gasteiger partial charge in [-0.2, -0.15) is 0 Å². The lowest BCUT2D eigenvalue weighted by Gasteiger charge is -2.27. The highest BCUT2D eigenvalue weighted by molar-refractivity contribution is 5.97. The maximum Gasteiger partial charge on any atom is 0.254 e. The van der Waals surface area contributed by atoms with E-state index in [0.29, 0.717) is 38.3 Å². The number of amides is 2. The Balaban J connectivity index is 1.65. The zero-order chi connectivity index (χ0) is 24.1. The average Bonchev–Trinajstić information content (AvgIpc) is 3.23. The molecule has 3 aromatic rings. The molecule has 0 spiro atoms. The fraction of sp³-hybridized carbons (Fsp3) is 0.423. The Morgan fingerprint density at radius 3 is 2.68 bits per heavy atom. The summed E-state index contributed by atoms with van der Waals surface area (Å²) in [6, 6.07) is 13.6. The third-order valence-corrected chi connectivity index (χ3v) is 6.39. The number of ether oxygens (including phenoxy) is 1. The molecular weight excluding hydrogens is 430 g/mol. The van der Waals surface area contributed by atoms with E-state index in [0.717, 1.165) is 41.8 Å². The standard InChI is InChI=1S/C26H33N5O3/c1-20(32)31-12-6-11-28(2)13-14-29(18-22-7-4-5-8-24(22)31)26(33)21-9-10-25-23(17-21)27-19-30(25)15-16-34-3/h4-5,7-10,17,19H,6,11-16,18H2,1-3H3. The Bertz CT molecular complexity index is 1160. The van der Waals surface area contributed by atoms with Crippen LogP contribution in [0, 0.1) is 0 Å². The molecule has 4 rings (SSSR count). The number of imidazole rings is 1. The Morgan fingerprint density at radius 2 is 1.88 bits per heavy atom. The van der Waals surface area contributed by atoms with Gasteiger partial charge in [0.2, 0.25) is 5.91 Å². The lowest BCUT2D eigenvalue weighted by Crippen LogP contribution is -2.37. The number of aromatic nitrogens is 2. The summed E-state index contributed by atoms with van der Waals surface area (Å²) in [4.78, 5) is 36.5. The van der Waals surface area contributed by atoms with Gasteiger partial charge in [-0.15, -0.1) is 0 Å². The number of fused-ring (bicyclic) bond motifs is 2. The predicted octanol–water partition coefficient (Wildman–Crippen LogP) is 3.01. The lowest BCUT2D eigenvalue weighted by molar-refractivity contribution is -0.116. The average molecular weight is 464 g/mol. The van der Waals surface area contributed by atoms with E-state index >= 15 is 0 Å². The van der Waals surface area contributed by atoms with Crippen LogP contribution in [-0.2, 0) is 22.6 Å². The van der Waals surface area contributed by atoms with E-state index in [1.165, 1.54) is 0 Å². The van der Waals surface area contributed by atoms with Gasteiger partial charge in [-0.25, -0.2) is 4.98 Å². The first-order chi connectivity index (χ1) is 16.5. The molecule has 1 aliphatic heterocycles. The summed E-state index contributed by atoms with van der Waals surface area (Å²) < 4.78 is 7.21. The number of methoxy groups -OCH3 is 1. The summed E-state index contributed by atoms with van der Waals surface area (Å²) in [7, 11) is 3.74. The molecule has 0 fully saturated rings. The maximum absolute atomic E-state index is 13.7. The Hall–Kier alpha value is -3.23. The zero-order valence-corrected chi connectivity index (χ0v) is 20.2. The first-order valence-corrected chi connectivity index (χ1v) is 11.8. The summed E-state index contributed by atoms with van der Waals surface area (Å²) in [5.41, 5.74) is 4.24. The largest absolute Gasteiger partial charge is 0.383 e. The maximum atomic E-state index is 13.7. The fourth-order valence-electron chi connectivity index (χ4n) is 4.46. The van der Waals surface area contributed by atoms with E-state index in [4.69, 9.17) is 4.74 Å². The van der Waals surface area contributed by atoms with Crippen molar-refractivity contribution in [1.82, 2.24) is 19.4 Å². The number of nitrogens with zero attached hydrogens (tertiary/aromatic N) is 5. The van der Waals surface area contributed by atoms with E-state index < -0.39 is 0 Å². The van der Waals surface area contributed by atoms with Gasteiger partial charge < -0.3 is 24.0 Å². The van der Waals surface area contributed by atoms with Crippen molar-refractivity contribution in [2.45, 2.75) is 26.4 Å². The van der Waals surface area contributed by atoms with Crippen molar-refractivity contribution in [1.29, 1.82) is 0 Å². The van der Waals surface area contributed by atoms with Crippen LogP contribution in [0.25, 0.3) is 11.0 Å². The third kappa shape index (κ3) is 5.29. The number of hydrogen-bond donors (Lipinski definition) is 0. The number of para-hydroxylation sites is 1. The van der Waals surface area contributed by atoms with Crippen LogP contribution in [0.1, 0.15) is 29.3 Å². The molecule has 0 aliphatic carbocycles. The second-order valence-corrected chi connectivity index (χ2v) is 8.82. The van der Waals surface area contributed by atoms with E-state index in [9.17, 15) is 9.59 Å². The second-order valence-electron chi connectivity index (χ2n) is 8.82. The molecule has 0 atom stereocenters. The topological polar surface area (TPSA) is 70.9 Å². The monoisotopic (exact) mass is 463 g/mol. The molecule has 34 heavy (non-hydrogen) atoms. The van der Waals surface area contributed by atoms with Crippen molar-refractivity contribution in [2.24, 2.45) is 0 Å². The van der Waals surface area contributed by atoms with E-state index in [1.807, 2.05) is 56.8 Å². The van der Waals surface area contributed by atoms with E-state index in [-0.39, 0.29) is 11.8 Å².